The number of hydrogen-bond acceptors (Lipinski definition) is 3. The van der Waals surface area contributed by atoms with Gasteiger partial charge < -0.3 is 9.30 Å². The van der Waals surface area contributed by atoms with Gasteiger partial charge in [0.2, 0.25) is 0 Å². The maximum absolute atomic E-state index is 10.6. The van der Waals surface area contributed by atoms with Crippen LogP contribution in [-0.2, 0) is 6.54 Å². The number of carbonyl (C=O) groups excluding carboxylic acids is 1. The standard InChI is InChI=1S/C16H14N2O2/c19-11-13-5-7-14(8-6-13)20-10-9-18-12-17-15-3-1-2-4-16(15)18/h1-8,11-12H,9-10H2. The molecule has 0 aliphatic carbocycles. The monoisotopic (exact) mass is 266 g/mol. The summed E-state index contributed by atoms with van der Waals surface area (Å²) in [6.07, 6.45) is 2.64. The molecule has 100 valence electrons. The van der Waals surface area contributed by atoms with Crippen molar-refractivity contribution in [3.05, 3.63) is 60.4 Å². The van der Waals surface area contributed by atoms with Crippen LogP contribution in [0.4, 0.5) is 0 Å². The molecule has 0 N–H and O–H groups in total. The number of aromatic nitrogens is 2. The zero-order chi connectivity index (χ0) is 13.8. The average Bonchev–Trinajstić information content (AvgIpc) is 2.92. The lowest BCUT2D eigenvalue weighted by molar-refractivity contribution is 0.112. The fourth-order valence-electron chi connectivity index (χ4n) is 2.09. The molecule has 0 fully saturated rings. The van der Waals surface area contributed by atoms with Gasteiger partial charge in [0.05, 0.1) is 23.9 Å². The zero-order valence-corrected chi connectivity index (χ0v) is 10.9. The van der Waals surface area contributed by atoms with Crippen molar-refractivity contribution in [2.75, 3.05) is 6.61 Å². The number of imidazole rings is 1. The fourth-order valence-corrected chi connectivity index (χ4v) is 2.09. The van der Waals surface area contributed by atoms with Gasteiger partial charge in [0.1, 0.15) is 18.6 Å². The SMILES string of the molecule is O=Cc1ccc(OCCn2cnc3ccccc32)cc1. The summed E-state index contributed by atoms with van der Waals surface area (Å²) in [6, 6.07) is 15.1. The van der Waals surface area contributed by atoms with E-state index < -0.39 is 0 Å². The molecule has 0 atom stereocenters. The third-order valence-corrected chi connectivity index (χ3v) is 3.14. The highest BCUT2D eigenvalue weighted by Gasteiger charge is 2.01. The number of nitrogens with zero attached hydrogens (tertiary/aromatic N) is 2. The molecule has 0 aliphatic heterocycles. The summed E-state index contributed by atoms with van der Waals surface area (Å²) in [5.74, 6) is 0.764. The second-order valence-corrected chi connectivity index (χ2v) is 4.46. The summed E-state index contributed by atoms with van der Waals surface area (Å²) in [5, 5.41) is 0. The largest absolute Gasteiger partial charge is 0.492 e. The Morgan fingerprint density at radius 1 is 1.10 bits per heavy atom. The smallest absolute Gasteiger partial charge is 0.150 e. The number of carbonyl (C=O) groups is 1. The second kappa shape index (κ2) is 5.57. The first-order chi connectivity index (χ1) is 9.86. The molecule has 0 saturated carbocycles. The first kappa shape index (κ1) is 12.4. The third-order valence-electron chi connectivity index (χ3n) is 3.14. The van der Waals surface area contributed by atoms with Crippen molar-refractivity contribution in [3.63, 3.8) is 0 Å². The molecule has 0 radical (unpaired) electrons. The van der Waals surface area contributed by atoms with Gasteiger partial charge in [0, 0.05) is 5.56 Å². The molecule has 4 heteroatoms. The maximum atomic E-state index is 10.6. The van der Waals surface area contributed by atoms with Crippen LogP contribution in [0.15, 0.2) is 54.9 Å². The minimum absolute atomic E-state index is 0.556. The summed E-state index contributed by atoms with van der Waals surface area (Å²) in [4.78, 5) is 14.9. The highest BCUT2D eigenvalue weighted by atomic mass is 16.5. The topological polar surface area (TPSA) is 44.1 Å². The van der Waals surface area contributed by atoms with Gasteiger partial charge in [-0.1, -0.05) is 12.1 Å². The average molecular weight is 266 g/mol. The number of para-hydroxylation sites is 2. The molecule has 0 bridgehead atoms. The molecule has 3 aromatic rings. The lowest BCUT2D eigenvalue weighted by Gasteiger charge is -2.07. The van der Waals surface area contributed by atoms with Gasteiger partial charge in [-0.25, -0.2) is 4.98 Å². The Kier molecular flexibility index (Phi) is 3.46. The Morgan fingerprint density at radius 3 is 2.70 bits per heavy atom. The van der Waals surface area contributed by atoms with E-state index in [2.05, 4.69) is 9.55 Å². The quantitative estimate of drug-likeness (QED) is 0.667. The van der Waals surface area contributed by atoms with Crippen LogP contribution in [0.1, 0.15) is 10.4 Å². The van der Waals surface area contributed by atoms with Crippen LogP contribution in [-0.4, -0.2) is 22.4 Å². The zero-order valence-electron chi connectivity index (χ0n) is 10.9. The Morgan fingerprint density at radius 2 is 1.90 bits per heavy atom. The van der Waals surface area contributed by atoms with Gasteiger partial charge in [-0.05, 0) is 36.4 Å². The third kappa shape index (κ3) is 2.54. The molecule has 0 saturated heterocycles. The predicted molar refractivity (Wildman–Crippen MR) is 77.1 cm³/mol. The van der Waals surface area contributed by atoms with Gasteiger partial charge in [-0.3, -0.25) is 4.79 Å². The number of aldehydes is 1. The van der Waals surface area contributed by atoms with Crippen LogP contribution < -0.4 is 4.74 Å². The molecule has 2 aromatic carbocycles. The molecule has 20 heavy (non-hydrogen) atoms. The van der Waals surface area contributed by atoms with Crippen molar-refractivity contribution in [1.29, 1.82) is 0 Å². The normalized spacial score (nSPS) is 10.6. The number of hydrogen-bond donors (Lipinski definition) is 0. The lowest BCUT2D eigenvalue weighted by atomic mass is 10.2. The van der Waals surface area contributed by atoms with Gasteiger partial charge in [0.15, 0.2) is 0 Å². The summed E-state index contributed by atoms with van der Waals surface area (Å²) in [5.41, 5.74) is 2.74. The Balaban J connectivity index is 1.63. The van der Waals surface area contributed by atoms with E-state index in [1.54, 1.807) is 24.3 Å². The molecular weight excluding hydrogens is 252 g/mol. The maximum Gasteiger partial charge on any atom is 0.150 e. The lowest BCUT2D eigenvalue weighted by Crippen LogP contribution is -2.07. The van der Waals surface area contributed by atoms with Gasteiger partial charge in [-0.2, -0.15) is 0 Å². The van der Waals surface area contributed by atoms with E-state index in [0.29, 0.717) is 12.2 Å². The van der Waals surface area contributed by atoms with Crippen LogP contribution in [0.2, 0.25) is 0 Å². The number of benzene rings is 2. The van der Waals surface area contributed by atoms with Crippen LogP contribution in [0.25, 0.3) is 11.0 Å². The van der Waals surface area contributed by atoms with Crippen molar-refractivity contribution in [1.82, 2.24) is 9.55 Å². The van der Waals surface area contributed by atoms with E-state index in [4.69, 9.17) is 4.74 Å². The summed E-state index contributed by atoms with van der Waals surface area (Å²) < 4.78 is 7.73. The van der Waals surface area contributed by atoms with Gasteiger partial charge >= 0.3 is 0 Å². The summed E-state index contributed by atoms with van der Waals surface area (Å²) >= 11 is 0. The van der Waals surface area contributed by atoms with Crippen LogP contribution >= 0.6 is 0 Å². The van der Waals surface area contributed by atoms with Gasteiger partial charge in [-0.15, -0.1) is 0 Å². The van der Waals surface area contributed by atoms with Crippen LogP contribution in [0.5, 0.6) is 5.75 Å². The Labute approximate surface area is 116 Å². The van der Waals surface area contributed by atoms with E-state index in [9.17, 15) is 4.79 Å². The minimum atomic E-state index is 0.556. The Bertz CT molecular complexity index is 717. The summed E-state index contributed by atoms with van der Waals surface area (Å²) in [7, 11) is 0. The molecule has 0 amide bonds. The van der Waals surface area contributed by atoms with Crippen LogP contribution in [0, 0.1) is 0 Å². The molecule has 4 nitrogen and oxygen atoms in total. The van der Waals surface area contributed by atoms with E-state index in [-0.39, 0.29) is 0 Å². The first-order valence-electron chi connectivity index (χ1n) is 6.45. The van der Waals surface area contributed by atoms with Crippen LogP contribution in [0.3, 0.4) is 0 Å². The Hall–Kier alpha value is -2.62. The fraction of sp³-hybridized carbons (Fsp3) is 0.125. The number of rotatable bonds is 5. The number of fused-ring (bicyclic) bond motifs is 1. The molecule has 1 aromatic heterocycles. The van der Waals surface area contributed by atoms with E-state index in [1.165, 1.54) is 0 Å². The van der Waals surface area contributed by atoms with Crippen molar-refractivity contribution in [2.24, 2.45) is 0 Å². The number of ether oxygens (including phenoxy) is 1. The molecular formula is C16H14N2O2. The minimum Gasteiger partial charge on any atom is -0.492 e. The second-order valence-electron chi connectivity index (χ2n) is 4.46. The van der Waals surface area contributed by atoms with Gasteiger partial charge in [0.25, 0.3) is 0 Å². The van der Waals surface area contributed by atoms with E-state index in [1.807, 2.05) is 30.6 Å². The van der Waals surface area contributed by atoms with Crippen molar-refractivity contribution in [2.45, 2.75) is 6.54 Å². The van der Waals surface area contributed by atoms with Crippen molar-refractivity contribution in [3.8, 4) is 5.75 Å². The molecule has 1 heterocycles. The van der Waals surface area contributed by atoms with Crippen molar-refractivity contribution >= 4 is 17.3 Å². The van der Waals surface area contributed by atoms with E-state index >= 15 is 0 Å². The summed E-state index contributed by atoms with van der Waals surface area (Å²) in [6.45, 7) is 1.29. The predicted octanol–water partition coefficient (Wildman–Crippen LogP) is 2.93. The highest BCUT2D eigenvalue weighted by Crippen LogP contribution is 2.13. The molecule has 0 spiro atoms. The molecule has 0 unspecified atom stereocenters. The molecule has 3 rings (SSSR count). The van der Waals surface area contributed by atoms with Crippen molar-refractivity contribution < 1.29 is 9.53 Å². The first-order valence-corrected chi connectivity index (χ1v) is 6.45. The van der Waals surface area contributed by atoms with E-state index in [0.717, 1.165) is 29.6 Å². The highest BCUT2D eigenvalue weighted by molar-refractivity contribution is 5.75. The molecule has 0 aliphatic rings.